The molecule has 1 heterocycles. The van der Waals surface area contributed by atoms with Crippen molar-refractivity contribution in [1.29, 1.82) is 0 Å². The minimum Gasteiger partial charge on any atom is -0.494 e. The van der Waals surface area contributed by atoms with Gasteiger partial charge in [-0.25, -0.2) is 4.39 Å². The number of aromatic nitrogens is 2. The van der Waals surface area contributed by atoms with Crippen molar-refractivity contribution in [3.63, 3.8) is 0 Å². The Balaban J connectivity index is 2.42. The van der Waals surface area contributed by atoms with Gasteiger partial charge in [-0.05, 0) is 31.2 Å². The first-order valence-electron chi connectivity index (χ1n) is 5.80. The number of rotatable bonds is 4. The van der Waals surface area contributed by atoms with Crippen LogP contribution in [0, 0.1) is 5.82 Å². The third-order valence-corrected chi connectivity index (χ3v) is 2.82. The van der Waals surface area contributed by atoms with Gasteiger partial charge in [-0.1, -0.05) is 0 Å². The second-order valence-electron chi connectivity index (χ2n) is 3.89. The largest absolute Gasteiger partial charge is 0.494 e. The van der Waals surface area contributed by atoms with Crippen LogP contribution in [-0.2, 0) is 13.1 Å². The summed E-state index contributed by atoms with van der Waals surface area (Å²) in [6.45, 7) is 3.15. The van der Waals surface area contributed by atoms with Crippen LogP contribution < -0.4 is 10.5 Å². The van der Waals surface area contributed by atoms with Gasteiger partial charge in [0.25, 0.3) is 0 Å². The summed E-state index contributed by atoms with van der Waals surface area (Å²) < 4.78 is 20.3. The number of hydrogen-bond acceptors (Lipinski definition) is 3. The summed E-state index contributed by atoms with van der Waals surface area (Å²) in [6.07, 6.45) is 0. The highest BCUT2D eigenvalue weighted by Crippen LogP contribution is 2.25. The molecule has 0 atom stereocenters. The van der Waals surface area contributed by atoms with Crippen LogP contribution in [0.1, 0.15) is 12.6 Å². The Morgan fingerprint density at radius 2 is 2.17 bits per heavy atom. The maximum absolute atomic E-state index is 13.6. The molecule has 5 heteroatoms. The van der Waals surface area contributed by atoms with Crippen LogP contribution in [0.25, 0.3) is 11.3 Å². The first-order valence-corrected chi connectivity index (χ1v) is 5.80. The van der Waals surface area contributed by atoms with E-state index in [1.54, 1.807) is 12.1 Å². The first kappa shape index (κ1) is 12.6. The van der Waals surface area contributed by atoms with Crippen molar-refractivity contribution in [2.24, 2.45) is 5.73 Å². The quantitative estimate of drug-likeness (QED) is 0.903. The van der Waals surface area contributed by atoms with E-state index in [9.17, 15) is 4.39 Å². The van der Waals surface area contributed by atoms with E-state index in [4.69, 9.17) is 10.5 Å². The van der Waals surface area contributed by atoms with Gasteiger partial charge in [0.2, 0.25) is 0 Å². The molecule has 0 saturated carbocycles. The van der Waals surface area contributed by atoms with E-state index < -0.39 is 5.82 Å². The summed E-state index contributed by atoms with van der Waals surface area (Å²) in [4.78, 5) is 0. The summed E-state index contributed by atoms with van der Waals surface area (Å²) in [5, 5.41) is 4.40. The Morgan fingerprint density at radius 3 is 2.67 bits per heavy atom. The van der Waals surface area contributed by atoms with Crippen molar-refractivity contribution < 1.29 is 9.13 Å². The summed E-state index contributed by atoms with van der Waals surface area (Å²) in [6, 6.07) is 6.68. The molecule has 2 aromatic rings. The molecule has 0 unspecified atom stereocenters. The molecule has 0 spiro atoms. The number of aryl methyl sites for hydroxylation is 1. The second-order valence-corrected chi connectivity index (χ2v) is 3.89. The van der Waals surface area contributed by atoms with Crippen molar-refractivity contribution in [3.05, 3.63) is 35.8 Å². The van der Waals surface area contributed by atoms with E-state index in [2.05, 4.69) is 5.10 Å². The van der Waals surface area contributed by atoms with Crippen LogP contribution >= 0.6 is 0 Å². The number of nitrogens with two attached hydrogens (primary N) is 1. The normalized spacial score (nSPS) is 10.7. The third-order valence-electron chi connectivity index (χ3n) is 2.82. The lowest BCUT2D eigenvalue weighted by atomic mass is 10.1. The van der Waals surface area contributed by atoms with Crippen LogP contribution in [0.5, 0.6) is 5.75 Å². The number of methoxy groups -OCH3 is 1. The Bertz CT molecular complexity index is 530. The molecule has 2 rings (SSSR count). The molecular formula is C13H16FN3O. The van der Waals surface area contributed by atoms with Crippen LogP contribution in [-0.4, -0.2) is 16.9 Å². The van der Waals surface area contributed by atoms with Gasteiger partial charge in [-0.3, -0.25) is 4.68 Å². The fourth-order valence-electron chi connectivity index (χ4n) is 1.86. The third kappa shape index (κ3) is 2.22. The summed E-state index contributed by atoms with van der Waals surface area (Å²) in [5.74, 6) is -0.164. The number of halogens is 1. The predicted molar refractivity (Wildman–Crippen MR) is 67.7 cm³/mol. The smallest absolute Gasteiger partial charge is 0.165 e. The maximum Gasteiger partial charge on any atom is 0.165 e. The van der Waals surface area contributed by atoms with E-state index in [1.807, 2.05) is 17.7 Å². The standard InChI is InChI=1S/C13H16FN3O/c1-3-17-10(8-15)7-12(16-17)9-4-5-13(18-2)11(14)6-9/h4-7H,3,8,15H2,1-2H3. The maximum atomic E-state index is 13.6. The van der Waals surface area contributed by atoms with Crippen molar-refractivity contribution in [2.45, 2.75) is 20.0 Å². The lowest BCUT2D eigenvalue weighted by Crippen LogP contribution is -2.06. The molecular weight excluding hydrogens is 233 g/mol. The molecule has 0 amide bonds. The highest BCUT2D eigenvalue weighted by molar-refractivity contribution is 5.60. The van der Waals surface area contributed by atoms with Crippen LogP contribution in [0.4, 0.5) is 4.39 Å². The molecule has 18 heavy (non-hydrogen) atoms. The summed E-state index contributed by atoms with van der Waals surface area (Å²) >= 11 is 0. The molecule has 0 radical (unpaired) electrons. The predicted octanol–water partition coefficient (Wildman–Crippen LogP) is 2.18. The van der Waals surface area contributed by atoms with E-state index in [0.29, 0.717) is 6.54 Å². The SMILES string of the molecule is CCn1nc(-c2ccc(OC)c(F)c2)cc1CN. The average molecular weight is 249 g/mol. The number of nitrogens with zero attached hydrogens (tertiary/aromatic N) is 2. The van der Waals surface area contributed by atoms with Gasteiger partial charge in [0, 0.05) is 18.7 Å². The van der Waals surface area contributed by atoms with E-state index in [0.717, 1.165) is 23.5 Å². The molecule has 0 aliphatic rings. The molecule has 4 nitrogen and oxygen atoms in total. The molecule has 96 valence electrons. The molecule has 0 bridgehead atoms. The van der Waals surface area contributed by atoms with Gasteiger partial charge in [-0.2, -0.15) is 5.10 Å². The molecule has 0 saturated heterocycles. The van der Waals surface area contributed by atoms with E-state index in [-0.39, 0.29) is 5.75 Å². The monoisotopic (exact) mass is 249 g/mol. The molecule has 1 aromatic heterocycles. The van der Waals surface area contributed by atoms with E-state index in [1.165, 1.54) is 13.2 Å². The number of hydrogen-bond donors (Lipinski definition) is 1. The summed E-state index contributed by atoms with van der Waals surface area (Å²) in [5.41, 5.74) is 8.01. The molecule has 0 fully saturated rings. The summed E-state index contributed by atoms with van der Waals surface area (Å²) in [7, 11) is 1.44. The van der Waals surface area contributed by atoms with Crippen LogP contribution in [0.3, 0.4) is 0 Å². The fourth-order valence-corrected chi connectivity index (χ4v) is 1.86. The van der Waals surface area contributed by atoms with E-state index >= 15 is 0 Å². The van der Waals surface area contributed by atoms with Crippen molar-refractivity contribution in [2.75, 3.05) is 7.11 Å². The van der Waals surface area contributed by atoms with Gasteiger partial charge in [0.15, 0.2) is 11.6 Å². The molecule has 0 aliphatic heterocycles. The Morgan fingerprint density at radius 1 is 1.39 bits per heavy atom. The van der Waals surface area contributed by atoms with Crippen molar-refractivity contribution in [1.82, 2.24) is 9.78 Å². The topological polar surface area (TPSA) is 53.1 Å². The molecule has 0 aliphatic carbocycles. The van der Waals surface area contributed by atoms with Gasteiger partial charge >= 0.3 is 0 Å². The zero-order valence-electron chi connectivity index (χ0n) is 10.5. The number of ether oxygens (including phenoxy) is 1. The number of benzene rings is 1. The van der Waals surface area contributed by atoms with Crippen LogP contribution in [0.2, 0.25) is 0 Å². The minimum absolute atomic E-state index is 0.229. The molecule has 1 aromatic carbocycles. The lowest BCUT2D eigenvalue weighted by molar-refractivity contribution is 0.386. The fraction of sp³-hybridized carbons (Fsp3) is 0.308. The van der Waals surface area contributed by atoms with Gasteiger partial charge in [-0.15, -0.1) is 0 Å². The average Bonchev–Trinajstić information content (AvgIpc) is 2.81. The van der Waals surface area contributed by atoms with Gasteiger partial charge in [0.1, 0.15) is 0 Å². The minimum atomic E-state index is -0.393. The van der Waals surface area contributed by atoms with Gasteiger partial charge in [0.05, 0.1) is 18.5 Å². The Labute approximate surface area is 105 Å². The van der Waals surface area contributed by atoms with Crippen LogP contribution in [0.15, 0.2) is 24.3 Å². The Hall–Kier alpha value is -1.88. The zero-order valence-corrected chi connectivity index (χ0v) is 10.5. The lowest BCUT2D eigenvalue weighted by Gasteiger charge is -2.03. The zero-order chi connectivity index (χ0) is 13.1. The molecule has 2 N–H and O–H groups in total. The van der Waals surface area contributed by atoms with Crippen molar-refractivity contribution in [3.8, 4) is 17.0 Å². The first-order chi connectivity index (χ1) is 8.69. The highest BCUT2D eigenvalue weighted by Gasteiger charge is 2.10. The second kappa shape index (κ2) is 5.18. The van der Waals surface area contributed by atoms with Gasteiger partial charge < -0.3 is 10.5 Å². The Kier molecular flexibility index (Phi) is 3.62. The van der Waals surface area contributed by atoms with Crippen molar-refractivity contribution >= 4 is 0 Å². The highest BCUT2D eigenvalue weighted by atomic mass is 19.1.